The molecule has 2 N–H and O–H groups in total. The van der Waals surface area contributed by atoms with Gasteiger partial charge in [0.1, 0.15) is 5.75 Å². The predicted molar refractivity (Wildman–Crippen MR) is 85.1 cm³/mol. The van der Waals surface area contributed by atoms with Crippen LogP contribution < -0.4 is 10.5 Å². The highest BCUT2D eigenvalue weighted by molar-refractivity contribution is 7.92. The number of hydrogen-bond acceptors (Lipinski definition) is 4. The Morgan fingerprint density at radius 3 is 2.33 bits per heavy atom. The molecule has 4 nitrogen and oxygen atoms in total. The molecular formula is C16H25NO3S. The summed E-state index contributed by atoms with van der Waals surface area (Å²) in [6.45, 7) is 1.72. The number of rotatable bonds is 6. The highest BCUT2D eigenvalue weighted by atomic mass is 32.2. The maximum absolute atomic E-state index is 12.5. The number of hydrogen-bond donors (Lipinski definition) is 1. The Labute approximate surface area is 127 Å². The average molecular weight is 311 g/mol. The summed E-state index contributed by atoms with van der Waals surface area (Å²) >= 11 is 0. The van der Waals surface area contributed by atoms with Gasteiger partial charge in [-0.05, 0) is 43.4 Å². The molecule has 1 fully saturated rings. The van der Waals surface area contributed by atoms with Crippen LogP contribution in [0.1, 0.15) is 44.2 Å². The van der Waals surface area contributed by atoms with Gasteiger partial charge in [0.2, 0.25) is 0 Å². The van der Waals surface area contributed by atoms with Crippen molar-refractivity contribution in [3.05, 3.63) is 29.8 Å². The predicted octanol–water partition coefficient (Wildman–Crippen LogP) is 2.69. The van der Waals surface area contributed by atoms with Crippen LogP contribution in [0.4, 0.5) is 0 Å². The van der Waals surface area contributed by atoms with E-state index < -0.39 is 21.1 Å². The molecule has 1 saturated carbocycles. The Balaban J connectivity index is 2.07. The van der Waals surface area contributed by atoms with Gasteiger partial charge in [-0.15, -0.1) is 0 Å². The molecule has 1 aliphatic rings. The van der Waals surface area contributed by atoms with E-state index in [9.17, 15) is 8.42 Å². The van der Waals surface area contributed by atoms with E-state index in [0.29, 0.717) is 5.92 Å². The van der Waals surface area contributed by atoms with E-state index in [1.165, 1.54) is 0 Å². The third kappa shape index (κ3) is 3.98. The summed E-state index contributed by atoms with van der Waals surface area (Å²) in [5.74, 6) is 1.34. The smallest absolute Gasteiger partial charge is 0.155 e. The van der Waals surface area contributed by atoms with Crippen LogP contribution in [0.5, 0.6) is 5.75 Å². The number of nitrogens with two attached hydrogens (primary N) is 1. The first kappa shape index (κ1) is 16.3. The van der Waals surface area contributed by atoms with Gasteiger partial charge in [-0.1, -0.05) is 25.0 Å². The van der Waals surface area contributed by atoms with Crippen LogP contribution in [0.3, 0.4) is 0 Å². The minimum Gasteiger partial charge on any atom is -0.497 e. The third-order valence-electron chi connectivity index (χ3n) is 4.52. The molecule has 0 amide bonds. The molecule has 0 saturated heterocycles. The molecule has 21 heavy (non-hydrogen) atoms. The maximum atomic E-state index is 12.5. The molecule has 5 heteroatoms. The van der Waals surface area contributed by atoms with Crippen LogP contribution >= 0.6 is 0 Å². The summed E-state index contributed by atoms with van der Waals surface area (Å²) in [7, 11) is -1.56. The van der Waals surface area contributed by atoms with Crippen molar-refractivity contribution in [2.45, 2.75) is 43.9 Å². The van der Waals surface area contributed by atoms with Crippen LogP contribution in [0.25, 0.3) is 0 Å². The molecule has 0 heterocycles. The molecule has 2 unspecified atom stereocenters. The van der Waals surface area contributed by atoms with E-state index in [1.54, 1.807) is 14.0 Å². The lowest BCUT2D eigenvalue weighted by molar-refractivity contribution is 0.414. The second-order valence-corrected chi connectivity index (χ2v) is 8.39. The summed E-state index contributed by atoms with van der Waals surface area (Å²) in [6, 6.07) is 6.80. The standard InChI is InChI=1S/C16H25NO3S/c1-12(21(18,19)11-13-5-3-4-6-13)16(17)14-7-9-15(20-2)10-8-14/h7-10,12-13,16H,3-6,11,17H2,1-2H3. The minimum atomic E-state index is -3.16. The number of sulfone groups is 1. The lowest BCUT2D eigenvalue weighted by atomic mass is 10.1. The van der Waals surface area contributed by atoms with E-state index in [4.69, 9.17) is 10.5 Å². The van der Waals surface area contributed by atoms with Crippen molar-refractivity contribution in [2.24, 2.45) is 11.7 Å². The van der Waals surface area contributed by atoms with Gasteiger partial charge in [0, 0.05) is 6.04 Å². The topological polar surface area (TPSA) is 69.4 Å². The van der Waals surface area contributed by atoms with Crippen molar-refractivity contribution in [3.8, 4) is 5.75 Å². The molecule has 0 spiro atoms. The Kier molecular flexibility index (Phi) is 5.27. The Hall–Kier alpha value is -1.07. The molecule has 1 aromatic carbocycles. The first-order chi connectivity index (χ1) is 9.94. The number of methoxy groups -OCH3 is 1. The van der Waals surface area contributed by atoms with Crippen LogP contribution in [0.2, 0.25) is 0 Å². The van der Waals surface area contributed by atoms with Crippen LogP contribution in [0, 0.1) is 5.92 Å². The quantitative estimate of drug-likeness (QED) is 0.877. The third-order valence-corrected chi connectivity index (χ3v) is 6.88. The van der Waals surface area contributed by atoms with Crippen LogP contribution in [-0.4, -0.2) is 26.5 Å². The zero-order valence-electron chi connectivity index (χ0n) is 12.8. The molecule has 2 atom stereocenters. The van der Waals surface area contributed by atoms with Gasteiger partial charge in [0.05, 0.1) is 18.1 Å². The summed E-state index contributed by atoms with van der Waals surface area (Å²) in [5.41, 5.74) is 7.00. The minimum absolute atomic E-state index is 0.276. The second kappa shape index (κ2) is 6.79. The zero-order chi connectivity index (χ0) is 15.5. The normalized spacial score (nSPS) is 19.4. The molecule has 0 radical (unpaired) electrons. The van der Waals surface area contributed by atoms with E-state index in [-0.39, 0.29) is 5.75 Å². The van der Waals surface area contributed by atoms with Gasteiger partial charge in [-0.2, -0.15) is 0 Å². The molecule has 0 aliphatic heterocycles. The van der Waals surface area contributed by atoms with E-state index in [2.05, 4.69) is 0 Å². The fourth-order valence-corrected chi connectivity index (χ4v) is 4.88. The number of ether oxygens (including phenoxy) is 1. The first-order valence-electron chi connectivity index (χ1n) is 7.55. The van der Waals surface area contributed by atoms with Crippen molar-refractivity contribution in [1.29, 1.82) is 0 Å². The van der Waals surface area contributed by atoms with Crippen LogP contribution in [-0.2, 0) is 9.84 Å². The zero-order valence-corrected chi connectivity index (χ0v) is 13.6. The summed E-state index contributed by atoms with van der Waals surface area (Å²) in [5, 5.41) is -0.563. The van der Waals surface area contributed by atoms with Gasteiger partial charge in [0.15, 0.2) is 9.84 Å². The van der Waals surface area contributed by atoms with Gasteiger partial charge in [-0.25, -0.2) is 8.42 Å². The molecule has 0 aromatic heterocycles. The maximum Gasteiger partial charge on any atom is 0.155 e. The molecule has 2 rings (SSSR count). The van der Waals surface area contributed by atoms with Gasteiger partial charge in [0.25, 0.3) is 0 Å². The van der Waals surface area contributed by atoms with E-state index in [0.717, 1.165) is 37.0 Å². The Morgan fingerprint density at radius 1 is 1.24 bits per heavy atom. The first-order valence-corrected chi connectivity index (χ1v) is 9.26. The average Bonchev–Trinajstić information content (AvgIpc) is 2.98. The molecule has 118 valence electrons. The lowest BCUT2D eigenvalue weighted by Crippen LogP contribution is -2.34. The molecule has 1 aromatic rings. The molecule has 1 aliphatic carbocycles. The summed E-state index contributed by atoms with van der Waals surface area (Å²) < 4.78 is 30.1. The monoisotopic (exact) mass is 311 g/mol. The Morgan fingerprint density at radius 2 is 1.81 bits per heavy atom. The fourth-order valence-electron chi connectivity index (χ4n) is 2.98. The van der Waals surface area contributed by atoms with Crippen molar-refractivity contribution in [2.75, 3.05) is 12.9 Å². The van der Waals surface area contributed by atoms with Gasteiger partial charge in [-0.3, -0.25) is 0 Å². The summed E-state index contributed by atoms with van der Waals surface area (Å²) in [6.07, 6.45) is 4.37. The fraction of sp³-hybridized carbons (Fsp3) is 0.625. The van der Waals surface area contributed by atoms with E-state index in [1.807, 2.05) is 24.3 Å². The van der Waals surface area contributed by atoms with Crippen molar-refractivity contribution in [3.63, 3.8) is 0 Å². The van der Waals surface area contributed by atoms with Crippen LogP contribution in [0.15, 0.2) is 24.3 Å². The highest BCUT2D eigenvalue weighted by Crippen LogP contribution is 2.29. The Bertz CT molecular complexity index is 547. The van der Waals surface area contributed by atoms with E-state index >= 15 is 0 Å². The molecule has 0 bridgehead atoms. The summed E-state index contributed by atoms with van der Waals surface area (Å²) in [4.78, 5) is 0. The number of benzene rings is 1. The van der Waals surface area contributed by atoms with Gasteiger partial charge < -0.3 is 10.5 Å². The van der Waals surface area contributed by atoms with Crippen molar-refractivity contribution in [1.82, 2.24) is 0 Å². The lowest BCUT2D eigenvalue weighted by Gasteiger charge is -2.22. The second-order valence-electron chi connectivity index (χ2n) is 5.98. The SMILES string of the molecule is COc1ccc(C(N)C(C)S(=O)(=O)CC2CCCC2)cc1. The van der Waals surface area contributed by atoms with Gasteiger partial charge >= 0.3 is 0 Å². The van der Waals surface area contributed by atoms with Crippen molar-refractivity contribution < 1.29 is 13.2 Å². The van der Waals surface area contributed by atoms with Crippen molar-refractivity contribution >= 4 is 9.84 Å². The largest absolute Gasteiger partial charge is 0.497 e. The molecular weight excluding hydrogens is 286 g/mol. The highest BCUT2D eigenvalue weighted by Gasteiger charge is 2.31.